The summed E-state index contributed by atoms with van der Waals surface area (Å²) in [7, 11) is 0. The topological polar surface area (TPSA) is 67.4 Å². The number of nitrogens with one attached hydrogen (secondary N) is 2. The summed E-state index contributed by atoms with van der Waals surface area (Å²) in [6.45, 7) is 4.10. The normalized spacial score (nSPS) is 12.9. The third-order valence-electron chi connectivity index (χ3n) is 4.61. The van der Waals surface area contributed by atoms with E-state index in [1.54, 1.807) is 6.07 Å². The minimum Gasteiger partial charge on any atom is -0.484 e. The number of para-hydroxylation sites is 1. The molecule has 0 radical (unpaired) electrons. The Hall–Kier alpha value is -2.82. The van der Waals surface area contributed by atoms with Gasteiger partial charge in [0.1, 0.15) is 5.75 Å². The van der Waals surface area contributed by atoms with Crippen LogP contribution in [0.15, 0.2) is 36.4 Å². The van der Waals surface area contributed by atoms with E-state index in [1.165, 1.54) is 0 Å². The number of amides is 2. The number of hydrogen-bond donors (Lipinski definition) is 2. The van der Waals surface area contributed by atoms with Gasteiger partial charge in [-0.25, -0.2) is 0 Å². The van der Waals surface area contributed by atoms with Crippen LogP contribution in [0.3, 0.4) is 0 Å². The molecule has 2 amide bonds. The van der Waals surface area contributed by atoms with Gasteiger partial charge in [-0.2, -0.15) is 0 Å². The third kappa shape index (κ3) is 4.04. The van der Waals surface area contributed by atoms with Crippen molar-refractivity contribution < 1.29 is 14.3 Å². The lowest BCUT2D eigenvalue weighted by Gasteiger charge is -2.18. The molecule has 1 aliphatic heterocycles. The molecule has 0 aromatic heterocycles. The lowest BCUT2D eigenvalue weighted by atomic mass is 10.0. The predicted molar refractivity (Wildman–Crippen MR) is 103 cm³/mol. The zero-order valence-electron chi connectivity index (χ0n) is 15.2. The van der Waals surface area contributed by atoms with Gasteiger partial charge in [0.15, 0.2) is 6.61 Å². The van der Waals surface area contributed by atoms with Gasteiger partial charge in [0.05, 0.1) is 0 Å². The second-order valence-electron chi connectivity index (χ2n) is 6.36. The summed E-state index contributed by atoms with van der Waals surface area (Å²) in [6, 6.07) is 11.6. The Bertz CT molecular complexity index is 808. The third-order valence-corrected chi connectivity index (χ3v) is 4.61. The molecule has 0 spiro atoms. The average Bonchev–Trinajstić information content (AvgIpc) is 2.66. The van der Waals surface area contributed by atoms with Gasteiger partial charge in [0.25, 0.3) is 5.91 Å². The van der Waals surface area contributed by atoms with Crippen molar-refractivity contribution in [1.82, 2.24) is 0 Å². The predicted octanol–water partition coefficient (Wildman–Crippen LogP) is 3.71. The van der Waals surface area contributed by atoms with Crippen LogP contribution in [0.1, 0.15) is 37.0 Å². The fourth-order valence-corrected chi connectivity index (χ4v) is 3.18. The molecule has 0 fully saturated rings. The number of hydrogen-bond acceptors (Lipinski definition) is 3. The maximum absolute atomic E-state index is 12.4. The van der Waals surface area contributed by atoms with Crippen LogP contribution >= 0.6 is 0 Å². The minimum absolute atomic E-state index is 0.0341. The van der Waals surface area contributed by atoms with E-state index in [4.69, 9.17) is 4.74 Å². The van der Waals surface area contributed by atoms with Gasteiger partial charge in [-0.1, -0.05) is 32.0 Å². The number of benzene rings is 2. The van der Waals surface area contributed by atoms with Crippen LogP contribution in [0, 0.1) is 0 Å². The van der Waals surface area contributed by atoms with Crippen LogP contribution in [0.25, 0.3) is 0 Å². The van der Waals surface area contributed by atoms with Crippen molar-refractivity contribution in [1.29, 1.82) is 0 Å². The van der Waals surface area contributed by atoms with Crippen LogP contribution in [0.5, 0.6) is 5.75 Å². The SMILES string of the molecule is CCc1cccc(CC)c1NC(=O)COc1ccc2c(c1)CCC(=O)N2. The molecule has 0 atom stereocenters. The Labute approximate surface area is 153 Å². The first kappa shape index (κ1) is 18.0. The largest absolute Gasteiger partial charge is 0.484 e. The summed E-state index contributed by atoms with van der Waals surface area (Å²) in [4.78, 5) is 23.8. The molecule has 1 heterocycles. The van der Waals surface area contributed by atoms with Crippen LogP contribution < -0.4 is 15.4 Å². The highest BCUT2D eigenvalue weighted by Crippen LogP contribution is 2.27. The van der Waals surface area contributed by atoms with Crippen LogP contribution in [0.2, 0.25) is 0 Å². The van der Waals surface area contributed by atoms with E-state index in [-0.39, 0.29) is 18.4 Å². The van der Waals surface area contributed by atoms with Gasteiger partial charge in [-0.15, -0.1) is 0 Å². The first-order valence-electron chi connectivity index (χ1n) is 9.07. The van der Waals surface area contributed by atoms with Gasteiger partial charge in [0.2, 0.25) is 5.91 Å². The molecule has 0 aliphatic carbocycles. The number of aryl methyl sites for hydroxylation is 3. The molecular weight excluding hydrogens is 328 g/mol. The van der Waals surface area contributed by atoms with E-state index in [1.807, 2.05) is 30.3 Å². The Morgan fingerprint density at radius 2 is 1.85 bits per heavy atom. The lowest BCUT2D eigenvalue weighted by Crippen LogP contribution is -2.22. The number of anilines is 2. The molecule has 2 aromatic rings. The van der Waals surface area contributed by atoms with Gasteiger partial charge < -0.3 is 15.4 Å². The van der Waals surface area contributed by atoms with Crippen molar-refractivity contribution >= 4 is 23.2 Å². The molecule has 2 aromatic carbocycles. The first-order valence-corrected chi connectivity index (χ1v) is 9.07. The second-order valence-corrected chi connectivity index (χ2v) is 6.36. The van der Waals surface area contributed by atoms with Crippen LogP contribution in [-0.2, 0) is 28.9 Å². The maximum Gasteiger partial charge on any atom is 0.262 e. The molecule has 5 nitrogen and oxygen atoms in total. The fourth-order valence-electron chi connectivity index (χ4n) is 3.18. The van der Waals surface area contributed by atoms with Crippen molar-refractivity contribution in [2.24, 2.45) is 0 Å². The Kier molecular flexibility index (Phi) is 5.56. The number of carbonyl (C=O) groups excluding carboxylic acids is 2. The molecule has 1 aliphatic rings. The molecule has 0 saturated carbocycles. The van der Waals surface area contributed by atoms with Crippen LogP contribution in [-0.4, -0.2) is 18.4 Å². The van der Waals surface area contributed by atoms with Crippen molar-refractivity contribution in [3.05, 3.63) is 53.1 Å². The summed E-state index contributed by atoms with van der Waals surface area (Å²) < 4.78 is 5.66. The lowest BCUT2D eigenvalue weighted by molar-refractivity contribution is -0.118. The van der Waals surface area contributed by atoms with E-state index in [9.17, 15) is 9.59 Å². The van der Waals surface area contributed by atoms with Crippen molar-refractivity contribution in [2.45, 2.75) is 39.5 Å². The number of rotatable bonds is 6. The molecule has 3 rings (SSSR count). The molecule has 2 N–H and O–H groups in total. The minimum atomic E-state index is -0.174. The quantitative estimate of drug-likeness (QED) is 0.833. The Morgan fingerprint density at radius 1 is 1.12 bits per heavy atom. The molecule has 26 heavy (non-hydrogen) atoms. The Morgan fingerprint density at radius 3 is 2.54 bits per heavy atom. The van der Waals surface area contributed by atoms with E-state index in [2.05, 4.69) is 24.5 Å². The number of ether oxygens (including phenoxy) is 1. The van der Waals surface area contributed by atoms with E-state index < -0.39 is 0 Å². The van der Waals surface area contributed by atoms with Gasteiger partial charge in [0, 0.05) is 17.8 Å². The summed E-state index contributed by atoms with van der Waals surface area (Å²) >= 11 is 0. The summed E-state index contributed by atoms with van der Waals surface area (Å²) in [6.07, 6.45) is 2.89. The Balaban J connectivity index is 1.64. The summed E-state index contributed by atoms with van der Waals surface area (Å²) in [5.41, 5.74) is 5.01. The van der Waals surface area contributed by atoms with Crippen molar-refractivity contribution in [3.63, 3.8) is 0 Å². The molecule has 5 heteroatoms. The number of fused-ring (bicyclic) bond motifs is 1. The smallest absolute Gasteiger partial charge is 0.262 e. The summed E-state index contributed by atoms with van der Waals surface area (Å²) in [5.74, 6) is 0.494. The second kappa shape index (κ2) is 8.04. The average molecular weight is 352 g/mol. The van der Waals surface area contributed by atoms with Crippen molar-refractivity contribution in [3.8, 4) is 5.75 Å². The molecule has 0 bridgehead atoms. The summed E-state index contributed by atoms with van der Waals surface area (Å²) in [5, 5.41) is 5.83. The molecule has 0 unspecified atom stereocenters. The molecule has 136 valence electrons. The highest BCUT2D eigenvalue weighted by atomic mass is 16.5. The highest BCUT2D eigenvalue weighted by molar-refractivity contribution is 5.94. The van der Waals surface area contributed by atoms with Gasteiger partial charge in [-0.3, -0.25) is 9.59 Å². The van der Waals surface area contributed by atoms with E-state index in [0.29, 0.717) is 18.6 Å². The molecular formula is C21H24N2O3. The van der Waals surface area contributed by atoms with Crippen LogP contribution in [0.4, 0.5) is 11.4 Å². The fraction of sp³-hybridized carbons (Fsp3) is 0.333. The van der Waals surface area contributed by atoms with Gasteiger partial charge in [-0.05, 0) is 54.2 Å². The monoisotopic (exact) mass is 352 g/mol. The van der Waals surface area contributed by atoms with Crippen molar-refractivity contribution in [2.75, 3.05) is 17.2 Å². The standard InChI is InChI=1S/C21H24N2O3/c1-3-14-6-5-7-15(4-2)21(14)23-20(25)13-26-17-9-10-18-16(12-17)8-11-19(24)22-18/h5-7,9-10,12H,3-4,8,11,13H2,1-2H3,(H,22,24)(H,23,25). The van der Waals surface area contributed by atoms with E-state index in [0.717, 1.165) is 40.9 Å². The maximum atomic E-state index is 12.4. The first-order chi connectivity index (χ1) is 12.6. The molecule has 0 saturated heterocycles. The highest BCUT2D eigenvalue weighted by Gasteiger charge is 2.16. The number of carbonyl (C=O) groups is 2. The van der Waals surface area contributed by atoms with E-state index >= 15 is 0 Å². The zero-order valence-corrected chi connectivity index (χ0v) is 15.2. The van der Waals surface area contributed by atoms with Gasteiger partial charge >= 0.3 is 0 Å². The zero-order chi connectivity index (χ0) is 18.5.